The zero-order chi connectivity index (χ0) is 20.1. The van der Waals surface area contributed by atoms with Crippen LogP contribution in [0, 0.1) is 12.7 Å². The Hall–Kier alpha value is -2.67. The summed E-state index contributed by atoms with van der Waals surface area (Å²) in [6.45, 7) is 6.28. The second-order valence-corrected chi connectivity index (χ2v) is 7.95. The molecule has 28 heavy (non-hydrogen) atoms. The van der Waals surface area contributed by atoms with Crippen molar-refractivity contribution in [1.82, 2.24) is 20.1 Å². The molecule has 2 atom stereocenters. The SMILES string of the molecule is Cc1nnc(S[C@H](C)C(=O)N[C@@H](C)c2ccc(F)cc2)n1Cc1ccccc1. The largest absolute Gasteiger partial charge is 0.349 e. The van der Waals surface area contributed by atoms with E-state index in [4.69, 9.17) is 0 Å². The normalized spacial score (nSPS) is 13.1. The lowest BCUT2D eigenvalue weighted by Gasteiger charge is -2.18. The number of rotatable bonds is 7. The minimum atomic E-state index is -0.346. The standard InChI is InChI=1S/C21H23FN4OS/c1-14(18-9-11-19(22)12-10-18)23-20(27)15(2)28-21-25-24-16(3)26(21)13-17-7-5-4-6-8-17/h4-12,14-15H,13H2,1-3H3,(H,23,27)/t14-,15+/m0/s1. The van der Waals surface area contributed by atoms with Crippen LogP contribution in [-0.4, -0.2) is 25.9 Å². The minimum Gasteiger partial charge on any atom is -0.349 e. The number of amides is 1. The minimum absolute atomic E-state index is 0.103. The number of thioether (sulfide) groups is 1. The highest BCUT2D eigenvalue weighted by atomic mass is 32.2. The molecule has 7 heteroatoms. The lowest BCUT2D eigenvalue weighted by molar-refractivity contribution is -0.120. The number of hydrogen-bond acceptors (Lipinski definition) is 4. The molecule has 3 aromatic rings. The predicted octanol–water partition coefficient (Wildman–Crippen LogP) is 4.13. The van der Waals surface area contributed by atoms with Gasteiger partial charge in [-0.1, -0.05) is 54.2 Å². The molecule has 0 saturated heterocycles. The fraction of sp³-hybridized carbons (Fsp3) is 0.286. The third-order valence-corrected chi connectivity index (χ3v) is 5.55. The summed E-state index contributed by atoms with van der Waals surface area (Å²) in [5, 5.41) is 11.7. The summed E-state index contributed by atoms with van der Waals surface area (Å²) in [5.41, 5.74) is 2.00. The van der Waals surface area contributed by atoms with E-state index in [1.54, 1.807) is 12.1 Å². The van der Waals surface area contributed by atoms with Crippen LogP contribution in [-0.2, 0) is 11.3 Å². The van der Waals surface area contributed by atoms with Crippen molar-refractivity contribution in [3.05, 3.63) is 77.4 Å². The van der Waals surface area contributed by atoms with Crippen molar-refractivity contribution in [2.24, 2.45) is 0 Å². The highest BCUT2D eigenvalue weighted by Crippen LogP contribution is 2.24. The van der Waals surface area contributed by atoms with Crippen LogP contribution >= 0.6 is 11.8 Å². The molecule has 0 aliphatic heterocycles. The van der Waals surface area contributed by atoms with Crippen LogP contribution in [0.3, 0.4) is 0 Å². The van der Waals surface area contributed by atoms with Crippen LogP contribution in [0.15, 0.2) is 59.8 Å². The number of benzene rings is 2. The summed E-state index contributed by atoms with van der Waals surface area (Å²) in [7, 11) is 0. The average molecular weight is 399 g/mol. The summed E-state index contributed by atoms with van der Waals surface area (Å²) >= 11 is 1.38. The molecule has 0 spiro atoms. The van der Waals surface area contributed by atoms with Crippen LogP contribution in [0.4, 0.5) is 4.39 Å². The van der Waals surface area contributed by atoms with E-state index in [1.807, 2.05) is 55.7 Å². The molecular weight excluding hydrogens is 375 g/mol. The summed E-state index contributed by atoms with van der Waals surface area (Å²) in [4.78, 5) is 12.6. The second-order valence-electron chi connectivity index (χ2n) is 6.64. The summed E-state index contributed by atoms with van der Waals surface area (Å²) in [6.07, 6.45) is 0. The molecule has 1 heterocycles. The van der Waals surface area contributed by atoms with E-state index < -0.39 is 0 Å². The first-order valence-electron chi connectivity index (χ1n) is 9.10. The molecule has 5 nitrogen and oxygen atoms in total. The van der Waals surface area contributed by atoms with Gasteiger partial charge in [-0.2, -0.15) is 0 Å². The van der Waals surface area contributed by atoms with E-state index in [2.05, 4.69) is 15.5 Å². The summed E-state index contributed by atoms with van der Waals surface area (Å²) in [6, 6.07) is 16.0. The molecule has 0 bridgehead atoms. The van der Waals surface area contributed by atoms with Crippen molar-refractivity contribution in [3.63, 3.8) is 0 Å². The van der Waals surface area contributed by atoms with Gasteiger partial charge in [-0.25, -0.2) is 4.39 Å². The molecule has 1 amide bonds. The number of nitrogens with one attached hydrogen (secondary N) is 1. The monoisotopic (exact) mass is 398 g/mol. The molecule has 146 valence electrons. The average Bonchev–Trinajstić information content (AvgIpc) is 3.02. The van der Waals surface area contributed by atoms with Crippen LogP contribution in [0.2, 0.25) is 0 Å². The van der Waals surface area contributed by atoms with Gasteiger partial charge in [-0.05, 0) is 44.0 Å². The molecular formula is C21H23FN4OS. The first kappa shape index (κ1) is 20.1. The van der Waals surface area contributed by atoms with Crippen molar-refractivity contribution in [1.29, 1.82) is 0 Å². The van der Waals surface area contributed by atoms with E-state index in [-0.39, 0.29) is 23.0 Å². The first-order valence-corrected chi connectivity index (χ1v) is 9.98. The Labute approximate surface area is 168 Å². The van der Waals surface area contributed by atoms with Gasteiger partial charge in [0.05, 0.1) is 17.8 Å². The van der Waals surface area contributed by atoms with Gasteiger partial charge >= 0.3 is 0 Å². The molecule has 0 fully saturated rings. The fourth-order valence-corrected chi connectivity index (χ4v) is 3.68. The summed E-state index contributed by atoms with van der Waals surface area (Å²) in [5.74, 6) is 0.409. The number of aromatic nitrogens is 3. The molecule has 1 N–H and O–H groups in total. The lowest BCUT2D eigenvalue weighted by atomic mass is 10.1. The van der Waals surface area contributed by atoms with Gasteiger partial charge < -0.3 is 9.88 Å². The first-order chi connectivity index (χ1) is 13.4. The van der Waals surface area contributed by atoms with Gasteiger partial charge in [0, 0.05) is 0 Å². The van der Waals surface area contributed by atoms with Gasteiger partial charge in [0.1, 0.15) is 11.6 Å². The quantitative estimate of drug-likeness (QED) is 0.608. The van der Waals surface area contributed by atoms with Crippen molar-refractivity contribution in [2.75, 3.05) is 0 Å². The van der Waals surface area contributed by atoms with Crippen molar-refractivity contribution in [2.45, 2.75) is 43.8 Å². The number of hydrogen-bond donors (Lipinski definition) is 1. The van der Waals surface area contributed by atoms with Gasteiger partial charge in [-0.3, -0.25) is 4.79 Å². The molecule has 0 unspecified atom stereocenters. The number of carbonyl (C=O) groups is 1. The van der Waals surface area contributed by atoms with E-state index in [1.165, 1.54) is 23.9 Å². The Bertz CT molecular complexity index is 927. The van der Waals surface area contributed by atoms with Gasteiger partial charge in [0.2, 0.25) is 5.91 Å². The van der Waals surface area contributed by atoms with E-state index >= 15 is 0 Å². The third kappa shape index (κ3) is 4.98. The highest BCUT2D eigenvalue weighted by molar-refractivity contribution is 8.00. The Morgan fingerprint density at radius 2 is 1.79 bits per heavy atom. The topological polar surface area (TPSA) is 59.8 Å². The number of carbonyl (C=O) groups excluding carboxylic acids is 1. The van der Waals surface area contributed by atoms with Crippen LogP contribution in [0.5, 0.6) is 0 Å². The maximum atomic E-state index is 13.1. The van der Waals surface area contributed by atoms with E-state index in [9.17, 15) is 9.18 Å². The Morgan fingerprint density at radius 1 is 1.11 bits per heavy atom. The van der Waals surface area contributed by atoms with Gasteiger partial charge in [0.25, 0.3) is 0 Å². The fourth-order valence-electron chi connectivity index (χ4n) is 2.77. The van der Waals surface area contributed by atoms with E-state index in [0.29, 0.717) is 11.7 Å². The van der Waals surface area contributed by atoms with Crippen LogP contribution in [0.25, 0.3) is 0 Å². The molecule has 0 aliphatic rings. The molecule has 3 rings (SSSR count). The van der Waals surface area contributed by atoms with Crippen LogP contribution < -0.4 is 5.32 Å². The Kier molecular flexibility index (Phi) is 6.46. The van der Waals surface area contributed by atoms with E-state index in [0.717, 1.165) is 17.0 Å². The van der Waals surface area contributed by atoms with Crippen molar-refractivity contribution >= 4 is 17.7 Å². The van der Waals surface area contributed by atoms with Gasteiger partial charge in [0.15, 0.2) is 5.16 Å². The third-order valence-electron chi connectivity index (χ3n) is 4.47. The zero-order valence-corrected chi connectivity index (χ0v) is 16.9. The molecule has 0 saturated carbocycles. The molecule has 1 aromatic heterocycles. The van der Waals surface area contributed by atoms with Crippen molar-refractivity contribution in [3.8, 4) is 0 Å². The maximum absolute atomic E-state index is 13.1. The number of nitrogens with zero attached hydrogens (tertiary/aromatic N) is 3. The number of aryl methyl sites for hydroxylation is 1. The second kappa shape index (κ2) is 9.01. The molecule has 0 aliphatic carbocycles. The Balaban J connectivity index is 1.65. The molecule has 0 radical (unpaired) electrons. The lowest BCUT2D eigenvalue weighted by Crippen LogP contribution is -2.33. The predicted molar refractivity (Wildman–Crippen MR) is 109 cm³/mol. The zero-order valence-electron chi connectivity index (χ0n) is 16.1. The smallest absolute Gasteiger partial charge is 0.233 e. The molecule has 2 aromatic carbocycles. The summed E-state index contributed by atoms with van der Waals surface area (Å²) < 4.78 is 15.1. The maximum Gasteiger partial charge on any atom is 0.233 e. The van der Waals surface area contributed by atoms with Crippen LogP contribution in [0.1, 0.15) is 36.8 Å². The van der Waals surface area contributed by atoms with Crippen molar-refractivity contribution < 1.29 is 9.18 Å². The highest BCUT2D eigenvalue weighted by Gasteiger charge is 2.21. The van der Waals surface area contributed by atoms with Gasteiger partial charge in [-0.15, -0.1) is 10.2 Å². The Morgan fingerprint density at radius 3 is 2.46 bits per heavy atom. The number of halogens is 1.